The Morgan fingerprint density at radius 2 is 1.56 bits per heavy atom. The van der Waals surface area contributed by atoms with Gasteiger partial charge in [0.2, 0.25) is 0 Å². The average molecular weight is 330 g/mol. The number of rotatable bonds is 5. The molecule has 1 heterocycles. The minimum Gasteiger partial charge on any atom is -0.271 e. The molecular formula is C22H22N2O. The molecule has 0 N–H and O–H groups in total. The van der Waals surface area contributed by atoms with Crippen LogP contribution in [0.1, 0.15) is 38.8 Å². The molecule has 3 heteroatoms. The van der Waals surface area contributed by atoms with Crippen molar-refractivity contribution in [2.45, 2.75) is 26.2 Å². The maximum atomic E-state index is 13.4. The molecule has 25 heavy (non-hydrogen) atoms. The van der Waals surface area contributed by atoms with E-state index >= 15 is 0 Å². The van der Waals surface area contributed by atoms with Crippen molar-refractivity contribution in [3.8, 4) is 0 Å². The molecule has 0 aliphatic heterocycles. The van der Waals surface area contributed by atoms with Gasteiger partial charge in [-0.15, -0.1) is 6.58 Å². The van der Waals surface area contributed by atoms with E-state index in [1.54, 1.807) is 4.68 Å². The van der Waals surface area contributed by atoms with E-state index in [2.05, 4.69) is 11.7 Å². The molecule has 3 aromatic rings. The van der Waals surface area contributed by atoms with Crippen molar-refractivity contribution < 1.29 is 4.79 Å². The van der Waals surface area contributed by atoms with E-state index in [1.165, 1.54) is 0 Å². The lowest BCUT2D eigenvalue weighted by Gasteiger charge is -2.17. The average Bonchev–Trinajstić information content (AvgIpc) is 2.92. The van der Waals surface area contributed by atoms with Gasteiger partial charge in [0.05, 0.1) is 11.6 Å². The molecule has 0 saturated heterocycles. The highest BCUT2D eigenvalue weighted by Gasteiger charge is 2.27. The number of aromatic nitrogens is 2. The summed E-state index contributed by atoms with van der Waals surface area (Å²) in [7, 11) is 0. The molecule has 0 aliphatic rings. The van der Waals surface area contributed by atoms with Gasteiger partial charge < -0.3 is 0 Å². The summed E-state index contributed by atoms with van der Waals surface area (Å²) in [6.07, 6.45) is 2.56. The number of carbonyl (C=O) groups excluding carboxylic acids is 1. The van der Waals surface area contributed by atoms with Crippen LogP contribution >= 0.6 is 0 Å². The first kappa shape index (κ1) is 16.9. The zero-order valence-electron chi connectivity index (χ0n) is 14.6. The van der Waals surface area contributed by atoms with Crippen LogP contribution in [0.25, 0.3) is 0 Å². The Balaban J connectivity index is 2.10. The van der Waals surface area contributed by atoms with Crippen LogP contribution in [0.2, 0.25) is 0 Å². The summed E-state index contributed by atoms with van der Waals surface area (Å²) in [4.78, 5) is 13.4. The van der Waals surface area contributed by atoms with Crippen molar-refractivity contribution in [2.75, 3.05) is 0 Å². The van der Waals surface area contributed by atoms with Crippen molar-refractivity contribution >= 4 is 5.91 Å². The van der Waals surface area contributed by atoms with E-state index in [0.717, 1.165) is 28.1 Å². The van der Waals surface area contributed by atoms with Crippen LogP contribution < -0.4 is 0 Å². The van der Waals surface area contributed by atoms with E-state index in [4.69, 9.17) is 0 Å². The Hall–Kier alpha value is -2.94. The molecule has 1 aromatic heterocycles. The fraction of sp³-hybridized carbons (Fsp3) is 0.182. The summed E-state index contributed by atoms with van der Waals surface area (Å²) in [5, 5.41) is 4.52. The van der Waals surface area contributed by atoms with Crippen LogP contribution in [-0.4, -0.2) is 15.7 Å². The third-order valence-corrected chi connectivity index (χ3v) is 4.51. The van der Waals surface area contributed by atoms with Crippen molar-refractivity contribution in [3.05, 3.63) is 101 Å². The Labute approximate surface area is 148 Å². The predicted molar refractivity (Wildman–Crippen MR) is 101 cm³/mol. The molecule has 126 valence electrons. The Morgan fingerprint density at radius 3 is 2.04 bits per heavy atom. The van der Waals surface area contributed by atoms with Crippen LogP contribution in [-0.2, 0) is 6.42 Å². The molecule has 0 spiro atoms. The maximum Gasteiger partial charge on any atom is 0.259 e. The number of hydrogen-bond donors (Lipinski definition) is 0. The lowest BCUT2D eigenvalue weighted by atomic mass is 9.90. The zero-order valence-corrected chi connectivity index (χ0v) is 14.6. The van der Waals surface area contributed by atoms with E-state index in [1.807, 2.05) is 80.6 Å². The predicted octanol–water partition coefficient (Wildman–Crippen LogP) is 4.70. The first-order chi connectivity index (χ1) is 12.1. The maximum absolute atomic E-state index is 13.4. The second-order valence-corrected chi connectivity index (χ2v) is 6.15. The largest absolute Gasteiger partial charge is 0.271 e. The van der Waals surface area contributed by atoms with Gasteiger partial charge in [-0.25, -0.2) is 4.68 Å². The molecule has 0 fully saturated rings. The van der Waals surface area contributed by atoms with E-state index < -0.39 is 0 Å². The minimum atomic E-state index is -0.378. The molecule has 0 saturated carbocycles. The van der Waals surface area contributed by atoms with Gasteiger partial charge in [0, 0.05) is 11.3 Å². The molecule has 0 atom stereocenters. The van der Waals surface area contributed by atoms with Gasteiger partial charge in [-0.2, -0.15) is 5.10 Å². The zero-order chi connectivity index (χ0) is 17.8. The summed E-state index contributed by atoms with van der Waals surface area (Å²) in [5.41, 5.74) is 4.78. The summed E-state index contributed by atoms with van der Waals surface area (Å²) in [5.74, 6) is -0.412. The molecular weight excluding hydrogens is 308 g/mol. The fourth-order valence-electron chi connectivity index (χ4n) is 3.22. The summed E-state index contributed by atoms with van der Waals surface area (Å²) in [6.45, 7) is 7.69. The van der Waals surface area contributed by atoms with Crippen molar-refractivity contribution in [3.63, 3.8) is 0 Å². The van der Waals surface area contributed by atoms with Crippen molar-refractivity contribution in [1.29, 1.82) is 0 Å². The van der Waals surface area contributed by atoms with Gasteiger partial charge in [-0.3, -0.25) is 4.79 Å². The third kappa shape index (κ3) is 3.31. The lowest BCUT2D eigenvalue weighted by Crippen LogP contribution is -2.23. The van der Waals surface area contributed by atoms with Gasteiger partial charge in [0.15, 0.2) is 0 Å². The van der Waals surface area contributed by atoms with Crippen LogP contribution in [0.5, 0.6) is 0 Å². The third-order valence-electron chi connectivity index (χ3n) is 4.51. The van der Waals surface area contributed by atoms with Gasteiger partial charge in [0.25, 0.3) is 5.91 Å². The van der Waals surface area contributed by atoms with Crippen LogP contribution in [0.4, 0.5) is 0 Å². The van der Waals surface area contributed by atoms with Gasteiger partial charge >= 0.3 is 0 Å². The van der Waals surface area contributed by atoms with Crippen molar-refractivity contribution in [2.24, 2.45) is 0 Å². The number of carbonyl (C=O) groups is 1. The molecule has 0 aliphatic carbocycles. The Kier molecular flexibility index (Phi) is 4.94. The summed E-state index contributed by atoms with van der Waals surface area (Å²) < 4.78 is 1.55. The topological polar surface area (TPSA) is 34.9 Å². The Morgan fingerprint density at radius 1 is 1.04 bits per heavy atom. The second kappa shape index (κ2) is 7.31. The highest BCUT2D eigenvalue weighted by Crippen LogP contribution is 2.27. The molecule has 0 unspecified atom stereocenters. The number of nitrogens with zero attached hydrogens (tertiary/aromatic N) is 2. The molecule has 2 aromatic carbocycles. The summed E-state index contributed by atoms with van der Waals surface area (Å²) in [6, 6.07) is 19.7. The molecule has 3 nitrogen and oxygen atoms in total. The molecule has 3 rings (SSSR count). The van der Waals surface area contributed by atoms with Crippen LogP contribution in [0.15, 0.2) is 73.3 Å². The number of benzene rings is 2. The highest BCUT2D eigenvalue weighted by molar-refractivity contribution is 5.89. The number of aryl methyl sites for hydroxylation is 1. The lowest BCUT2D eigenvalue weighted by molar-refractivity contribution is 0.0874. The van der Waals surface area contributed by atoms with Crippen molar-refractivity contribution in [1.82, 2.24) is 9.78 Å². The van der Waals surface area contributed by atoms with E-state index in [9.17, 15) is 4.79 Å². The Bertz CT molecular complexity index is 840. The van der Waals surface area contributed by atoms with Gasteiger partial charge in [-0.05, 0) is 31.4 Å². The quantitative estimate of drug-likeness (QED) is 0.636. The normalized spacial score (nSPS) is 10.8. The van der Waals surface area contributed by atoms with Gasteiger partial charge in [-0.1, -0.05) is 66.7 Å². The van der Waals surface area contributed by atoms with Crippen LogP contribution in [0, 0.1) is 13.8 Å². The van der Waals surface area contributed by atoms with E-state index in [-0.39, 0.29) is 11.8 Å². The van der Waals surface area contributed by atoms with Gasteiger partial charge in [0.1, 0.15) is 0 Å². The summed E-state index contributed by atoms with van der Waals surface area (Å²) >= 11 is 0. The number of allylic oxidation sites excluding steroid dienone is 1. The number of hydrogen-bond acceptors (Lipinski definition) is 2. The monoisotopic (exact) mass is 330 g/mol. The molecule has 0 amide bonds. The first-order valence-electron chi connectivity index (χ1n) is 8.43. The smallest absolute Gasteiger partial charge is 0.259 e. The molecule has 0 radical (unpaired) electrons. The van der Waals surface area contributed by atoms with Crippen LogP contribution in [0.3, 0.4) is 0 Å². The second-order valence-electron chi connectivity index (χ2n) is 6.15. The molecule has 0 bridgehead atoms. The fourth-order valence-corrected chi connectivity index (χ4v) is 3.22. The van der Waals surface area contributed by atoms with E-state index in [0.29, 0.717) is 6.42 Å². The minimum absolute atomic E-state index is 0.0340. The first-order valence-corrected chi connectivity index (χ1v) is 8.43. The highest BCUT2D eigenvalue weighted by atomic mass is 16.2. The SMILES string of the molecule is C=CCc1c(C)nn(C(=O)C(c2ccccc2)c2ccccc2)c1C. The standard InChI is InChI=1S/C22H22N2O/c1-4-11-20-16(2)23-24(17(20)3)22(25)21(18-12-7-5-8-13-18)19-14-9-6-10-15-19/h4-10,12-15,21H,1,11H2,2-3H3.